The Kier molecular flexibility index (Phi) is 4.69. The van der Waals surface area contributed by atoms with E-state index >= 15 is 0 Å². The quantitative estimate of drug-likeness (QED) is 0.878. The SMILES string of the molecule is CC(C)C(CCO)NC(=O)c1nccc2ccccc12. The van der Waals surface area contributed by atoms with E-state index < -0.39 is 0 Å². The number of carbonyl (C=O) groups excluding carboxylic acids is 1. The molecule has 0 saturated heterocycles. The van der Waals surface area contributed by atoms with Crippen molar-refractivity contribution in [2.24, 2.45) is 5.92 Å². The van der Waals surface area contributed by atoms with Crippen LogP contribution in [0.2, 0.25) is 0 Å². The van der Waals surface area contributed by atoms with Crippen molar-refractivity contribution in [1.82, 2.24) is 10.3 Å². The summed E-state index contributed by atoms with van der Waals surface area (Å²) >= 11 is 0. The van der Waals surface area contributed by atoms with Crippen molar-refractivity contribution in [3.05, 3.63) is 42.2 Å². The molecule has 20 heavy (non-hydrogen) atoms. The molecule has 1 atom stereocenters. The summed E-state index contributed by atoms with van der Waals surface area (Å²) in [5.74, 6) is 0.0787. The maximum Gasteiger partial charge on any atom is 0.270 e. The number of benzene rings is 1. The lowest BCUT2D eigenvalue weighted by atomic mass is 10.0. The second kappa shape index (κ2) is 6.48. The van der Waals surface area contributed by atoms with E-state index in [0.717, 1.165) is 10.8 Å². The van der Waals surface area contributed by atoms with Gasteiger partial charge in [0.1, 0.15) is 5.69 Å². The van der Waals surface area contributed by atoms with Gasteiger partial charge in [0, 0.05) is 24.2 Å². The molecule has 1 amide bonds. The van der Waals surface area contributed by atoms with Crippen molar-refractivity contribution < 1.29 is 9.90 Å². The minimum Gasteiger partial charge on any atom is -0.396 e. The Morgan fingerprint density at radius 3 is 2.75 bits per heavy atom. The summed E-state index contributed by atoms with van der Waals surface area (Å²) in [5.41, 5.74) is 0.437. The summed E-state index contributed by atoms with van der Waals surface area (Å²) in [6, 6.07) is 9.53. The number of hydrogen-bond acceptors (Lipinski definition) is 3. The number of carbonyl (C=O) groups is 1. The first kappa shape index (κ1) is 14.5. The first-order chi connectivity index (χ1) is 9.63. The Bertz CT molecular complexity index is 591. The molecule has 0 aliphatic carbocycles. The van der Waals surface area contributed by atoms with Crippen LogP contribution in [0.4, 0.5) is 0 Å². The van der Waals surface area contributed by atoms with E-state index in [4.69, 9.17) is 5.11 Å². The summed E-state index contributed by atoms with van der Waals surface area (Å²) in [5, 5.41) is 13.9. The van der Waals surface area contributed by atoms with Crippen molar-refractivity contribution >= 4 is 16.7 Å². The highest BCUT2D eigenvalue weighted by atomic mass is 16.3. The van der Waals surface area contributed by atoms with E-state index in [1.165, 1.54) is 0 Å². The van der Waals surface area contributed by atoms with Gasteiger partial charge in [-0.15, -0.1) is 0 Å². The molecular weight excluding hydrogens is 252 g/mol. The maximum atomic E-state index is 12.4. The Hall–Kier alpha value is -1.94. The molecule has 0 aliphatic heterocycles. The van der Waals surface area contributed by atoms with Gasteiger partial charge < -0.3 is 10.4 Å². The fourth-order valence-corrected chi connectivity index (χ4v) is 2.25. The second-order valence-electron chi connectivity index (χ2n) is 5.22. The lowest BCUT2D eigenvalue weighted by Gasteiger charge is -2.21. The summed E-state index contributed by atoms with van der Waals surface area (Å²) in [4.78, 5) is 16.6. The molecule has 0 fully saturated rings. The van der Waals surface area contributed by atoms with Crippen molar-refractivity contribution in [2.45, 2.75) is 26.3 Å². The number of aliphatic hydroxyl groups is 1. The van der Waals surface area contributed by atoms with Crippen LogP contribution >= 0.6 is 0 Å². The molecule has 4 heteroatoms. The molecular formula is C16H20N2O2. The van der Waals surface area contributed by atoms with Crippen LogP contribution in [-0.4, -0.2) is 28.6 Å². The molecule has 1 aromatic carbocycles. The topological polar surface area (TPSA) is 62.2 Å². The van der Waals surface area contributed by atoms with Crippen LogP contribution in [0.15, 0.2) is 36.5 Å². The summed E-state index contributed by atoms with van der Waals surface area (Å²) in [6.45, 7) is 4.11. The number of hydrogen-bond donors (Lipinski definition) is 2. The van der Waals surface area contributed by atoms with Crippen molar-refractivity contribution in [3.63, 3.8) is 0 Å². The van der Waals surface area contributed by atoms with Crippen LogP contribution in [0, 0.1) is 5.92 Å². The van der Waals surface area contributed by atoms with Crippen molar-refractivity contribution in [3.8, 4) is 0 Å². The highest BCUT2D eigenvalue weighted by Gasteiger charge is 2.18. The number of fused-ring (bicyclic) bond motifs is 1. The highest BCUT2D eigenvalue weighted by molar-refractivity contribution is 6.05. The third-order valence-corrected chi connectivity index (χ3v) is 3.45. The molecule has 0 spiro atoms. The Morgan fingerprint density at radius 1 is 1.30 bits per heavy atom. The van der Waals surface area contributed by atoms with Gasteiger partial charge in [0.2, 0.25) is 0 Å². The van der Waals surface area contributed by atoms with Crippen LogP contribution < -0.4 is 5.32 Å². The molecule has 106 valence electrons. The number of nitrogens with one attached hydrogen (secondary N) is 1. The lowest BCUT2D eigenvalue weighted by molar-refractivity contribution is 0.0913. The number of pyridine rings is 1. The summed E-state index contributed by atoms with van der Waals surface area (Å²) in [6.07, 6.45) is 2.20. The lowest BCUT2D eigenvalue weighted by Crippen LogP contribution is -2.39. The van der Waals surface area contributed by atoms with Crippen LogP contribution in [0.3, 0.4) is 0 Å². The van der Waals surface area contributed by atoms with Gasteiger partial charge in [-0.05, 0) is 23.8 Å². The van der Waals surface area contributed by atoms with Crippen molar-refractivity contribution in [2.75, 3.05) is 6.61 Å². The molecule has 0 bridgehead atoms. The first-order valence-electron chi connectivity index (χ1n) is 6.89. The first-order valence-corrected chi connectivity index (χ1v) is 6.89. The average molecular weight is 272 g/mol. The number of nitrogens with zero attached hydrogens (tertiary/aromatic N) is 1. The van der Waals surface area contributed by atoms with Crippen LogP contribution in [0.25, 0.3) is 10.8 Å². The largest absolute Gasteiger partial charge is 0.396 e. The van der Waals surface area contributed by atoms with Gasteiger partial charge >= 0.3 is 0 Å². The van der Waals surface area contributed by atoms with Gasteiger partial charge in [-0.3, -0.25) is 9.78 Å². The Balaban J connectivity index is 2.27. The Labute approximate surface area is 118 Å². The monoisotopic (exact) mass is 272 g/mol. The molecule has 0 radical (unpaired) electrons. The maximum absolute atomic E-state index is 12.4. The van der Waals surface area contributed by atoms with Gasteiger partial charge in [-0.2, -0.15) is 0 Å². The molecule has 0 aliphatic rings. The van der Waals surface area contributed by atoms with Gasteiger partial charge in [0.05, 0.1) is 0 Å². The number of aliphatic hydroxyl groups excluding tert-OH is 1. The highest BCUT2D eigenvalue weighted by Crippen LogP contribution is 2.17. The molecule has 2 aromatic rings. The van der Waals surface area contributed by atoms with Crippen LogP contribution in [0.5, 0.6) is 0 Å². The van der Waals surface area contributed by atoms with E-state index in [1.807, 2.05) is 44.2 Å². The number of amides is 1. The van der Waals surface area contributed by atoms with E-state index in [1.54, 1.807) is 6.20 Å². The average Bonchev–Trinajstić information content (AvgIpc) is 2.46. The predicted molar refractivity (Wildman–Crippen MR) is 79.5 cm³/mol. The fraction of sp³-hybridized carbons (Fsp3) is 0.375. The minimum atomic E-state index is -0.186. The van der Waals surface area contributed by atoms with E-state index in [9.17, 15) is 4.79 Å². The number of aromatic nitrogens is 1. The molecule has 1 heterocycles. The van der Waals surface area contributed by atoms with Crippen LogP contribution in [-0.2, 0) is 0 Å². The summed E-state index contributed by atoms with van der Waals surface area (Å²) < 4.78 is 0. The third-order valence-electron chi connectivity index (χ3n) is 3.45. The molecule has 2 rings (SSSR count). The van der Waals surface area contributed by atoms with Gasteiger partial charge in [-0.25, -0.2) is 0 Å². The zero-order valence-electron chi connectivity index (χ0n) is 11.8. The normalized spacial score (nSPS) is 12.6. The van der Waals surface area contributed by atoms with Crippen molar-refractivity contribution in [1.29, 1.82) is 0 Å². The fourth-order valence-electron chi connectivity index (χ4n) is 2.25. The van der Waals surface area contributed by atoms with E-state index in [2.05, 4.69) is 10.3 Å². The zero-order valence-corrected chi connectivity index (χ0v) is 11.8. The molecule has 1 aromatic heterocycles. The van der Waals surface area contributed by atoms with E-state index in [-0.39, 0.29) is 24.5 Å². The molecule has 1 unspecified atom stereocenters. The zero-order chi connectivity index (χ0) is 14.5. The minimum absolute atomic E-state index is 0.0479. The van der Waals surface area contributed by atoms with E-state index in [0.29, 0.717) is 12.1 Å². The standard InChI is InChI=1S/C16H20N2O2/c1-11(2)14(8-10-19)18-16(20)15-13-6-4-3-5-12(13)7-9-17-15/h3-7,9,11,14,19H,8,10H2,1-2H3,(H,18,20). The van der Waals surface area contributed by atoms with Crippen LogP contribution in [0.1, 0.15) is 30.8 Å². The number of rotatable bonds is 5. The van der Waals surface area contributed by atoms with Gasteiger partial charge in [-0.1, -0.05) is 38.1 Å². The third kappa shape index (κ3) is 3.14. The predicted octanol–water partition coefficient (Wildman–Crippen LogP) is 2.37. The molecule has 2 N–H and O–H groups in total. The molecule has 0 saturated carbocycles. The second-order valence-corrected chi connectivity index (χ2v) is 5.22. The van der Waals surface area contributed by atoms with Gasteiger partial charge in [0.15, 0.2) is 0 Å². The summed E-state index contributed by atoms with van der Waals surface area (Å²) in [7, 11) is 0. The molecule has 4 nitrogen and oxygen atoms in total. The smallest absolute Gasteiger partial charge is 0.270 e. The Morgan fingerprint density at radius 2 is 2.05 bits per heavy atom. The van der Waals surface area contributed by atoms with Gasteiger partial charge in [0.25, 0.3) is 5.91 Å².